The molecule has 2 aliphatic rings. The normalized spacial score (nSPS) is 27.6. The summed E-state index contributed by atoms with van der Waals surface area (Å²) in [6.45, 7) is 2.10. The number of aromatic nitrogens is 1. The Bertz CT molecular complexity index is 425. The van der Waals surface area contributed by atoms with E-state index in [1.54, 1.807) is 0 Å². The van der Waals surface area contributed by atoms with E-state index in [2.05, 4.69) is 24.1 Å². The zero-order chi connectivity index (χ0) is 11.0. The van der Waals surface area contributed by atoms with E-state index in [0.717, 1.165) is 17.9 Å². The minimum Gasteiger partial charge on any atom is -0.487 e. The molecule has 84 valence electrons. The van der Waals surface area contributed by atoms with E-state index in [-0.39, 0.29) is 0 Å². The van der Waals surface area contributed by atoms with Crippen molar-refractivity contribution in [3.63, 3.8) is 0 Å². The summed E-state index contributed by atoms with van der Waals surface area (Å²) in [5, 5.41) is 0. The minimum absolute atomic E-state index is 0.320. The Morgan fingerprint density at radius 1 is 1.44 bits per heavy atom. The van der Waals surface area contributed by atoms with Crippen molar-refractivity contribution < 1.29 is 4.74 Å². The van der Waals surface area contributed by atoms with Crippen LogP contribution >= 0.6 is 0 Å². The molecular weight excluding hydrogens is 198 g/mol. The number of fused-ring (bicyclic) bond motifs is 1. The van der Waals surface area contributed by atoms with Gasteiger partial charge in [0.25, 0.3) is 0 Å². The fourth-order valence-corrected chi connectivity index (χ4v) is 2.68. The van der Waals surface area contributed by atoms with E-state index in [1.807, 2.05) is 12.3 Å². The van der Waals surface area contributed by atoms with Crippen LogP contribution in [0.3, 0.4) is 0 Å². The second kappa shape index (κ2) is 3.93. The highest BCUT2D eigenvalue weighted by molar-refractivity contribution is 5.39. The van der Waals surface area contributed by atoms with E-state index < -0.39 is 0 Å². The topological polar surface area (TPSA) is 22.1 Å². The Labute approximate surface area is 96.3 Å². The maximum Gasteiger partial charge on any atom is 0.144 e. The standard InChI is InChI=1S/C14H17NO/c1-10-7-8-15-12-9-13(16-14(10)12)11-5-3-2-4-6-11/h3,5,7-8,11,13H,2,4,6,9H2,1H3. The number of nitrogens with zero attached hydrogens (tertiary/aromatic N) is 1. The van der Waals surface area contributed by atoms with Crippen molar-refractivity contribution in [2.45, 2.75) is 38.7 Å². The van der Waals surface area contributed by atoms with Gasteiger partial charge in [-0.1, -0.05) is 12.2 Å². The first kappa shape index (κ1) is 9.88. The predicted octanol–water partition coefficient (Wildman–Crippen LogP) is 3.05. The maximum absolute atomic E-state index is 6.06. The largest absolute Gasteiger partial charge is 0.487 e. The number of hydrogen-bond donors (Lipinski definition) is 0. The van der Waals surface area contributed by atoms with Gasteiger partial charge in [0.2, 0.25) is 0 Å². The van der Waals surface area contributed by atoms with Gasteiger partial charge in [-0.2, -0.15) is 0 Å². The van der Waals surface area contributed by atoms with Crippen LogP contribution in [0, 0.1) is 12.8 Å². The number of hydrogen-bond acceptors (Lipinski definition) is 2. The average Bonchev–Trinajstić information content (AvgIpc) is 2.76. The highest BCUT2D eigenvalue weighted by Crippen LogP contribution is 2.35. The highest BCUT2D eigenvalue weighted by atomic mass is 16.5. The molecule has 16 heavy (non-hydrogen) atoms. The van der Waals surface area contributed by atoms with Crippen molar-refractivity contribution in [1.29, 1.82) is 0 Å². The van der Waals surface area contributed by atoms with Gasteiger partial charge in [0.05, 0.1) is 5.69 Å². The van der Waals surface area contributed by atoms with Crippen LogP contribution in [0.25, 0.3) is 0 Å². The molecule has 0 aromatic carbocycles. The lowest BCUT2D eigenvalue weighted by molar-refractivity contribution is 0.173. The number of pyridine rings is 1. The van der Waals surface area contributed by atoms with Crippen molar-refractivity contribution in [3.8, 4) is 5.75 Å². The van der Waals surface area contributed by atoms with Gasteiger partial charge in [-0.05, 0) is 37.8 Å². The second-order valence-corrected chi connectivity index (χ2v) is 4.79. The molecule has 0 bridgehead atoms. The van der Waals surface area contributed by atoms with Crippen molar-refractivity contribution >= 4 is 0 Å². The summed E-state index contributed by atoms with van der Waals surface area (Å²) in [7, 11) is 0. The summed E-state index contributed by atoms with van der Waals surface area (Å²) in [5.74, 6) is 1.62. The van der Waals surface area contributed by atoms with Crippen molar-refractivity contribution in [3.05, 3.63) is 35.7 Å². The molecule has 1 aromatic rings. The van der Waals surface area contributed by atoms with Crippen LogP contribution in [0.5, 0.6) is 5.75 Å². The Morgan fingerprint density at radius 2 is 2.38 bits per heavy atom. The Balaban J connectivity index is 1.82. The van der Waals surface area contributed by atoms with E-state index in [0.29, 0.717) is 12.0 Å². The lowest BCUT2D eigenvalue weighted by atomic mass is 9.89. The van der Waals surface area contributed by atoms with Crippen molar-refractivity contribution in [1.82, 2.24) is 4.98 Å². The summed E-state index contributed by atoms with van der Waals surface area (Å²) < 4.78 is 6.06. The van der Waals surface area contributed by atoms with Crippen LogP contribution < -0.4 is 4.74 Å². The molecule has 0 saturated carbocycles. The highest BCUT2D eigenvalue weighted by Gasteiger charge is 2.31. The molecule has 0 radical (unpaired) electrons. The summed E-state index contributed by atoms with van der Waals surface area (Å²) in [6.07, 6.45) is 11.6. The summed E-state index contributed by atoms with van der Waals surface area (Å²) in [6, 6.07) is 2.03. The smallest absolute Gasteiger partial charge is 0.144 e. The quantitative estimate of drug-likeness (QED) is 0.672. The van der Waals surface area contributed by atoms with Crippen LogP contribution in [0.15, 0.2) is 24.4 Å². The first-order valence-corrected chi connectivity index (χ1v) is 6.12. The van der Waals surface area contributed by atoms with Crippen LogP contribution in [0.4, 0.5) is 0 Å². The molecule has 0 fully saturated rings. The summed E-state index contributed by atoms with van der Waals surface area (Å²) in [5.41, 5.74) is 2.36. The molecule has 0 spiro atoms. The minimum atomic E-state index is 0.320. The molecule has 0 amide bonds. The van der Waals surface area contributed by atoms with E-state index in [1.165, 1.54) is 24.8 Å². The molecule has 2 atom stereocenters. The molecule has 1 aliphatic heterocycles. The molecule has 3 rings (SSSR count). The number of ether oxygens (including phenoxy) is 1. The summed E-state index contributed by atoms with van der Waals surface area (Å²) >= 11 is 0. The van der Waals surface area contributed by atoms with Gasteiger partial charge in [0, 0.05) is 18.5 Å². The van der Waals surface area contributed by atoms with Crippen molar-refractivity contribution in [2.24, 2.45) is 5.92 Å². The molecule has 0 saturated heterocycles. The zero-order valence-corrected chi connectivity index (χ0v) is 9.65. The van der Waals surface area contributed by atoms with Crippen LogP contribution in [0.2, 0.25) is 0 Å². The lowest BCUT2D eigenvalue weighted by Gasteiger charge is -2.22. The second-order valence-electron chi connectivity index (χ2n) is 4.79. The fraction of sp³-hybridized carbons (Fsp3) is 0.500. The SMILES string of the molecule is Cc1ccnc2c1OC(C1C=CCCC1)C2. The average molecular weight is 215 g/mol. The Hall–Kier alpha value is -1.31. The molecule has 2 heterocycles. The van der Waals surface area contributed by atoms with E-state index in [4.69, 9.17) is 4.74 Å². The third-order valence-corrected chi connectivity index (χ3v) is 3.61. The van der Waals surface area contributed by atoms with Crippen LogP contribution in [0.1, 0.15) is 30.5 Å². The predicted molar refractivity (Wildman–Crippen MR) is 63.6 cm³/mol. The molecule has 2 nitrogen and oxygen atoms in total. The van der Waals surface area contributed by atoms with Crippen molar-refractivity contribution in [2.75, 3.05) is 0 Å². The lowest BCUT2D eigenvalue weighted by Crippen LogP contribution is -2.24. The van der Waals surface area contributed by atoms with E-state index >= 15 is 0 Å². The fourth-order valence-electron chi connectivity index (χ4n) is 2.68. The molecule has 1 aromatic heterocycles. The maximum atomic E-state index is 6.06. The van der Waals surface area contributed by atoms with Gasteiger partial charge in [0.1, 0.15) is 11.9 Å². The Morgan fingerprint density at radius 3 is 3.12 bits per heavy atom. The molecule has 2 unspecified atom stereocenters. The monoisotopic (exact) mass is 215 g/mol. The van der Waals surface area contributed by atoms with Crippen LogP contribution in [-0.4, -0.2) is 11.1 Å². The third kappa shape index (κ3) is 1.62. The molecular formula is C14H17NO. The van der Waals surface area contributed by atoms with Gasteiger partial charge in [-0.25, -0.2) is 0 Å². The third-order valence-electron chi connectivity index (χ3n) is 3.61. The Kier molecular flexibility index (Phi) is 2.43. The van der Waals surface area contributed by atoms with Gasteiger partial charge in [-0.15, -0.1) is 0 Å². The van der Waals surface area contributed by atoms with Gasteiger partial charge >= 0.3 is 0 Å². The molecule has 0 N–H and O–H groups in total. The zero-order valence-electron chi connectivity index (χ0n) is 9.65. The number of allylic oxidation sites excluding steroid dienone is 1. The molecule has 1 aliphatic carbocycles. The number of aryl methyl sites for hydroxylation is 1. The van der Waals surface area contributed by atoms with Gasteiger partial charge in [0.15, 0.2) is 0 Å². The van der Waals surface area contributed by atoms with Crippen LogP contribution in [-0.2, 0) is 6.42 Å². The first-order chi connectivity index (χ1) is 7.84. The van der Waals surface area contributed by atoms with E-state index in [9.17, 15) is 0 Å². The van der Waals surface area contributed by atoms with Gasteiger partial charge in [-0.3, -0.25) is 4.98 Å². The molecule has 2 heteroatoms. The first-order valence-electron chi connectivity index (χ1n) is 6.12. The number of rotatable bonds is 1. The van der Waals surface area contributed by atoms with Gasteiger partial charge < -0.3 is 4.74 Å². The summed E-state index contributed by atoms with van der Waals surface area (Å²) in [4.78, 5) is 4.42.